The van der Waals surface area contributed by atoms with E-state index in [-0.39, 0.29) is 36.0 Å². The molecule has 1 heterocycles. The van der Waals surface area contributed by atoms with Gasteiger partial charge in [-0.15, -0.1) is 12.4 Å². The molecule has 9 nitrogen and oxygen atoms in total. The van der Waals surface area contributed by atoms with Gasteiger partial charge >= 0.3 is 0 Å². The van der Waals surface area contributed by atoms with Crippen molar-refractivity contribution in [2.45, 2.75) is 39.2 Å². The first kappa shape index (κ1) is 23.3. The van der Waals surface area contributed by atoms with Crippen molar-refractivity contribution >= 4 is 24.0 Å². The molecule has 0 spiro atoms. The Hall–Kier alpha value is -2.78. The van der Waals surface area contributed by atoms with Crippen molar-refractivity contribution in [3.05, 3.63) is 62.1 Å². The van der Waals surface area contributed by atoms with Crippen LogP contribution in [0.5, 0.6) is 0 Å². The van der Waals surface area contributed by atoms with Gasteiger partial charge in [0.25, 0.3) is 11.6 Å². The number of nitrogens with one attached hydrogen (secondary N) is 1. The average Bonchev–Trinajstić information content (AvgIpc) is 2.66. The molecule has 0 saturated carbocycles. The van der Waals surface area contributed by atoms with Crippen LogP contribution in [0.25, 0.3) is 5.69 Å². The number of hydrogen-bond acceptors (Lipinski definition) is 6. The van der Waals surface area contributed by atoms with Gasteiger partial charge in [0.05, 0.1) is 10.5 Å². The number of carbonyl (C=O) groups is 1. The SMILES string of the molecule is CCC(CC)(CN)NC(=O)c1nn(-c2ccccc2[N+](=O)[O-])c(C)cc1=O.Cl. The highest BCUT2D eigenvalue weighted by Crippen LogP contribution is 2.22. The number of nitro groups is 1. The average molecular weight is 410 g/mol. The smallest absolute Gasteiger partial charge is 0.294 e. The van der Waals surface area contributed by atoms with Crippen molar-refractivity contribution in [1.29, 1.82) is 0 Å². The number of nitrogens with two attached hydrogens (primary N) is 1. The number of aromatic nitrogens is 2. The number of rotatable bonds is 7. The number of halogens is 1. The molecular formula is C18H24ClN5O4. The van der Waals surface area contributed by atoms with E-state index in [0.717, 1.165) is 0 Å². The van der Waals surface area contributed by atoms with Gasteiger partial charge in [-0.25, -0.2) is 4.68 Å². The van der Waals surface area contributed by atoms with E-state index >= 15 is 0 Å². The van der Waals surface area contributed by atoms with Gasteiger partial charge in [-0.3, -0.25) is 19.7 Å². The minimum atomic E-state index is -0.651. The van der Waals surface area contributed by atoms with Gasteiger partial charge in [-0.1, -0.05) is 26.0 Å². The maximum Gasteiger partial charge on any atom is 0.294 e. The molecule has 0 bridgehead atoms. The number of para-hydroxylation sites is 2. The predicted molar refractivity (Wildman–Crippen MR) is 108 cm³/mol. The number of carbonyl (C=O) groups excluding carboxylic acids is 1. The summed E-state index contributed by atoms with van der Waals surface area (Å²) in [5, 5.41) is 18.2. The van der Waals surface area contributed by atoms with Gasteiger partial charge in [-0.2, -0.15) is 5.10 Å². The quantitative estimate of drug-likeness (QED) is 0.531. The monoisotopic (exact) mass is 409 g/mol. The molecule has 2 rings (SSSR count). The van der Waals surface area contributed by atoms with Crippen molar-refractivity contribution in [2.24, 2.45) is 5.73 Å². The molecule has 152 valence electrons. The Bertz CT molecular complexity index is 916. The van der Waals surface area contributed by atoms with Gasteiger partial charge in [0, 0.05) is 24.4 Å². The second kappa shape index (κ2) is 9.43. The molecule has 1 amide bonds. The fraction of sp³-hybridized carbons (Fsp3) is 0.389. The van der Waals surface area contributed by atoms with Crippen molar-refractivity contribution in [2.75, 3.05) is 6.54 Å². The second-order valence-corrected chi connectivity index (χ2v) is 6.30. The first-order valence-corrected chi connectivity index (χ1v) is 8.66. The van der Waals surface area contributed by atoms with Crippen LogP contribution in [-0.2, 0) is 0 Å². The third-order valence-corrected chi connectivity index (χ3v) is 4.75. The van der Waals surface area contributed by atoms with Crippen LogP contribution in [0.2, 0.25) is 0 Å². The fourth-order valence-electron chi connectivity index (χ4n) is 2.81. The van der Waals surface area contributed by atoms with Crippen LogP contribution in [0.3, 0.4) is 0 Å². The van der Waals surface area contributed by atoms with E-state index in [1.54, 1.807) is 13.0 Å². The summed E-state index contributed by atoms with van der Waals surface area (Å²) in [7, 11) is 0. The molecule has 10 heteroatoms. The summed E-state index contributed by atoms with van der Waals surface area (Å²) in [5.74, 6) is -0.651. The Balaban J connectivity index is 0.00000392. The third-order valence-electron chi connectivity index (χ3n) is 4.75. The lowest BCUT2D eigenvalue weighted by Gasteiger charge is -2.31. The predicted octanol–water partition coefficient (Wildman–Crippen LogP) is 2.12. The van der Waals surface area contributed by atoms with Crippen LogP contribution < -0.4 is 16.5 Å². The molecule has 0 aliphatic carbocycles. The summed E-state index contributed by atoms with van der Waals surface area (Å²) >= 11 is 0. The highest BCUT2D eigenvalue weighted by atomic mass is 35.5. The zero-order valence-electron chi connectivity index (χ0n) is 16.0. The highest BCUT2D eigenvalue weighted by molar-refractivity contribution is 5.92. The van der Waals surface area contributed by atoms with Crippen molar-refractivity contribution < 1.29 is 9.72 Å². The van der Waals surface area contributed by atoms with E-state index in [1.165, 1.54) is 28.9 Å². The number of aryl methyl sites for hydroxylation is 1. The van der Waals surface area contributed by atoms with Gasteiger partial charge in [-0.05, 0) is 25.8 Å². The van der Waals surface area contributed by atoms with Gasteiger partial charge < -0.3 is 11.1 Å². The number of amides is 1. The number of benzene rings is 1. The highest BCUT2D eigenvalue weighted by Gasteiger charge is 2.29. The lowest BCUT2D eigenvalue weighted by molar-refractivity contribution is -0.384. The van der Waals surface area contributed by atoms with E-state index in [2.05, 4.69) is 10.4 Å². The molecule has 0 fully saturated rings. The van der Waals surface area contributed by atoms with Crippen LogP contribution >= 0.6 is 12.4 Å². The van der Waals surface area contributed by atoms with Gasteiger partial charge in [0.2, 0.25) is 5.43 Å². The lowest BCUT2D eigenvalue weighted by atomic mass is 9.93. The van der Waals surface area contributed by atoms with Crippen molar-refractivity contribution in [1.82, 2.24) is 15.1 Å². The van der Waals surface area contributed by atoms with Crippen LogP contribution in [0.4, 0.5) is 5.69 Å². The second-order valence-electron chi connectivity index (χ2n) is 6.30. The molecule has 1 aromatic carbocycles. The minimum Gasteiger partial charge on any atom is -0.344 e. The Kier molecular flexibility index (Phi) is 7.83. The molecule has 1 aromatic heterocycles. The molecule has 2 aromatic rings. The van der Waals surface area contributed by atoms with E-state index in [4.69, 9.17) is 5.73 Å². The Morgan fingerprint density at radius 3 is 2.46 bits per heavy atom. The van der Waals surface area contributed by atoms with Crippen molar-refractivity contribution in [3.63, 3.8) is 0 Å². The summed E-state index contributed by atoms with van der Waals surface area (Å²) < 4.78 is 1.23. The standard InChI is InChI=1S/C18H23N5O4.ClH/c1-4-18(5-2,11-19)20-17(25)16-15(24)10-12(3)22(21-16)13-8-6-7-9-14(13)23(26)27;/h6-10H,4-5,11,19H2,1-3H3,(H,20,25);1H. The Morgan fingerprint density at radius 2 is 1.93 bits per heavy atom. The summed E-state index contributed by atoms with van der Waals surface area (Å²) in [6.45, 7) is 5.60. The van der Waals surface area contributed by atoms with Crippen LogP contribution in [0.15, 0.2) is 35.1 Å². The Labute approximate surface area is 168 Å². The molecule has 28 heavy (non-hydrogen) atoms. The maximum absolute atomic E-state index is 12.7. The zero-order chi connectivity index (χ0) is 20.2. The van der Waals surface area contributed by atoms with Gasteiger partial charge in [0.15, 0.2) is 5.69 Å². The summed E-state index contributed by atoms with van der Waals surface area (Å²) in [5.41, 5.74) is 4.64. The first-order valence-electron chi connectivity index (χ1n) is 8.66. The molecular weight excluding hydrogens is 386 g/mol. The topological polar surface area (TPSA) is 133 Å². The summed E-state index contributed by atoms with van der Waals surface area (Å²) in [6, 6.07) is 7.23. The van der Waals surface area contributed by atoms with Crippen LogP contribution in [0, 0.1) is 17.0 Å². The number of nitro benzene ring substituents is 1. The van der Waals surface area contributed by atoms with Gasteiger partial charge in [0.1, 0.15) is 5.69 Å². The molecule has 0 saturated heterocycles. The fourth-order valence-corrected chi connectivity index (χ4v) is 2.81. The van der Waals surface area contributed by atoms with E-state index in [9.17, 15) is 19.7 Å². The molecule has 0 aliphatic heterocycles. The number of hydrogen-bond donors (Lipinski definition) is 2. The van der Waals surface area contributed by atoms with E-state index in [1.807, 2.05) is 13.8 Å². The van der Waals surface area contributed by atoms with Crippen molar-refractivity contribution in [3.8, 4) is 5.69 Å². The molecule has 0 atom stereocenters. The lowest BCUT2D eigenvalue weighted by Crippen LogP contribution is -2.53. The molecule has 0 radical (unpaired) electrons. The molecule has 0 unspecified atom stereocenters. The van der Waals surface area contributed by atoms with E-state index < -0.39 is 21.8 Å². The third kappa shape index (κ3) is 4.55. The zero-order valence-corrected chi connectivity index (χ0v) is 16.8. The minimum absolute atomic E-state index is 0. The molecule has 0 aliphatic rings. The van der Waals surface area contributed by atoms with Crippen LogP contribution in [0.1, 0.15) is 42.9 Å². The first-order chi connectivity index (χ1) is 12.8. The van der Waals surface area contributed by atoms with Crippen LogP contribution in [-0.4, -0.2) is 32.7 Å². The summed E-state index contributed by atoms with van der Waals surface area (Å²) in [6.07, 6.45) is 1.19. The normalized spacial score (nSPS) is 10.9. The summed E-state index contributed by atoms with van der Waals surface area (Å²) in [4.78, 5) is 35.8. The number of nitrogens with zero attached hydrogens (tertiary/aromatic N) is 3. The Morgan fingerprint density at radius 1 is 1.32 bits per heavy atom. The van der Waals surface area contributed by atoms with E-state index in [0.29, 0.717) is 18.5 Å². The maximum atomic E-state index is 12.7. The molecule has 3 N–H and O–H groups in total. The largest absolute Gasteiger partial charge is 0.344 e.